The van der Waals surface area contributed by atoms with Gasteiger partial charge in [0.05, 0.1) is 11.6 Å². The molecule has 1 aromatic rings. The third-order valence-corrected chi connectivity index (χ3v) is 2.65. The summed E-state index contributed by atoms with van der Waals surface area (Å²) in [5.41, 5.74) is 1.38. The Balaban J connectivity index is 2.46. The molecule has 0 bridgehead atoms. The second-order valence-corrected chi connectivity index (χ2v) is 4.41. The minimum atomic E-state index is -0.876. The van der Waals surface area contributed by atoms with Gasteiger partial charge in [0, 0.05) is 18.5 Å². The molecule has 2 N–H and O–H groups in total. The van der Waals surface area contributed by atoms with Gasteiger partial charge in [-0.2, -0.15) is 5.26 Å². The summed E-state index contributed by atoms with van der Waals surface area (Å²) in [6, 6.07) is 8.67. The predicted molar refractivity (Wildman–Crippen MR) is 74.7 cm³/mol. The number of benzene rings is 1. The van der Waals surface area contributed by atoms with Crippen LogP contribution in [0.1, 0.15) is 30.9 Å². The summed E-state index contributed by atoms with van der Waals surface area (Å²) in [6.07, 6.45) is 3.45. The Morgan fingerprint density at radius 2 is 2.05 bits per heavy atom. The quantitative estimate of drug-likeness (QED) is 0.774. The Hall–Kier alpha value is -2.61. The number of nitrogens with one attached hydrogen (secondary N) is 1. The number of carboxylic acids is 1. The zero-order valence-corrected chi connectivity index (χ0v) is 11.2. The first kappa shape index (κ1) is 15.4. The van der Waals surface area contributed by atoms with Crippen LogP contribution in [0.2, 0.25) is 0 Å². The van der Waals surface area contributed by atoms with Crippen molar-refractivity contribution < 1.29 is 14.7 Å². The Morgan fingerprint density at radius 1 is 1.40 bits per heavy atom. The molecule has 1 aromatic carbocycles. The fourth-order valence-electron chi connectivity index (χ4n) is 1.54. The number of hydrogen-bond acceptors (Lipinski definition) is 3. The second-order valence-electron chi connectivity index (χ2n) is 4.41. The zero-order chi connectivity index (χ0) is 15.0. The van der Waals surface area contributed by atoms with Crippen molar-refractivity contribution in [2.75, 3.05) is 0 Å². The van der Waals surface area contributed by atoms with Crippen LogP contribution in [0.3, 0.4) is 0 Å². The van der Waals surface area contributed by atoms with Crippen LogP contribution in [0.15, 0.2) is 30.3 Å². The number of carboxylic acid groups (broad SMARTS) is 1. The van der Waals surface area contributed by atoms with E-state index in [-0.39, 0.29) is 18.4 Å². The Bertz CT molecular complexity index is 541. The normalized spacial score (nSPS) is 11.8. The number of carbonyl (C=O) groups excluding carboxylic acids is 1. The lowest BCUT2D eigenvalue weighted by Gasteiger charge is -2.10. The van der Waals surface area contributed by atoms with Crippen molar-refractivity contribution >= 4 is 18.0 Å². The van der Waals surface area contributed by atoms with Gasteiger partial charge in [-0.1, -0.05) is 12.1 Å². The fourth-order valence-corrected chi connectivity index (χ4v) is 1.54. The first-order chi connectivity index (χ1) is 9.51. The van der Waals surface area contributed by atoms with E-state index in [9.17, 15) is 9.59 Å². The maximum absolute atomic E-state index is 11.6. The Labute approximate surface area is 117 Å². The molecule has 1 unspecified atom stereocenters. The van der Waals surface area contributed by atoms with E-state index < -0.39 is 5.97 Å². The average molecular weight is 272 g/mol. The molecule has 1 amide bonds. The number of hydrogen-bond donors (Lipinski definition) is 2. The molecule has 0 fully saturated rings. The van der Waals surface area contributed by atoms with Crippen molar-refractivity contribution in [1.82, 2.24) is 5.32 Å². The molecule has 0 aliphatic rings. The van der Waals surface area contributed by atoms with Crippen molar-refractivity contribution in [2.45, 2.75) is 25.8 Å². The SMILES string of the molecule is CC(CCC(=O)O)NC(=O)C=Cc1ccc(C#N)cc1. The monoisotopic (exact) mass is 272 g/mol. The zero-order valence-electron chi connectivity index (χ0n) is 11.2. The topological polar surface area (TPSA) is 90.2 Å². The van der Waals surface area contributed by atoms with Gasteiger partial charge in [0.2, 0.25) is 5.91 Å². The molecule has 0 aromatic heterocycles. The Morgan fingerprint density at radius 3 is 2.60 bits per heavy atom. The molecule has 104 valence electrons. The number of nitrogens with zero attached hydrogens (tertiary/aromatic N) is 1. The van der Waals surface area contributed by atoms with E-state index in [0.717, 1.165) is 5.56 Å². The molecule has 0 aliphatic heterocycles. The van der Waals surface area contributed by atoms with E-state index in [4.69, 9.17) is 10.4 Å². The maximum atomic E-state index is 11.6. The smallest absolute Gasteiger partial charge is 0.303 e. The predicted octanol–water partition coefficient (Wildman–Crippen LogP) is 1.94. The van der Waals surface area contributed by atoms with E-state index in [1.165, 1.54) is 6.08 Å². The molecular formula is C15H16N2O3. The first-order valence-electron chi connectivity index (χ1n) is 6.22. The Kier molecular flexibility index (Phi) is 5.98. The highest BCUT2D eigenvalue weighted by molar-refractivity contribution is 5.91. The summed E-state index contributed by atoms with van der Waals surface area (Å²) in [5.74, 6) is -1.15. The van der Waals surface area contributed by atoms with E-state index in [1.807, 2.05) is 6.07 Å². The summed E-state index contributed by atoms with van der Waals surface area (Å²) < 4.78 is 0. The van der Waals surface area contributed by atoms with E-state index >= 15 is 0 Å². The van der Waals surface area contributed by atoms with Crippen LogP contribution >= 0.6 is 0 Å². The van der Waals surface area contributed by atoms with E-state index in [1.54, 1.807) is 37.3 Å². The minimum absolute atomic E-state index is 0.0286. The van der Waals surface area contributed by atoms with Crippen LogP contribution in [-0.2, 0) is 9.59 Å². The van der Waals surface area contributed by atoms with Crippen LogP contribution in [0.25, 0.3) is 6.08 Å². The lowest BCUT2D eigenvalue weighted by Crippen LogP contribution is -2.31. The van der Waals surface area contributed by atoms with Crippen molar-refractivity contribution in [3.05, 3.63) is 41.5 Å². The number of nitriles is 1. The highest BCUT2D eigenvalue weighted by Gasteiger charge is 2.06. The number of rotatable bonds is 6. The van der Waals surface area contributed by atoms with Crippen LogP contribution < -0.4 is 5.32 Å². The second kappa shape index (κ2) is 7.74. The number of carbonyl (C=O) groups is 2. The largest absolute Gasteiger partial charge is 0.481 e. The molecule has 1 rings (SSSR count). The summed E-state index contributed by atoms with van der Waals surface area (Å²) in [4.78, 5) is 22.0. The fraction of sp³-hybridized carbons (Fsp3) is 0.267. The van der Waals surface area contributed by atoms with Crippen molar-refractivity contribution in [3.63, 3.8) is 0 Å². The lowest BCUT2D eigenvalue weighted by molar-refractivity contribution is -0.137. The maximum Gasteiger partial charge on any atom is 0.303 e. The van der Waals surface area contributed by atoms with Crippen LogP contribution in [0, 0.1) is 11.3 Å². The third-order valence-electron chi connectivity index (χ3n) is 2.65. The van der Waals surface area contributed by atoms with Gasteiger partial charge in [-0.3, -0.25) is 9.59 Å². The lowest BCUT2D eigenvalue weighted by atomic mass is 10.1. The molecule has 0 radical (unpaired) electrons. The molecule has 0 spiro atoms. The molecule has 20 heavy (non-hydrogen) atoms. The van der Waals surface area contributed by atoms with Gasteiger partial charge in [-0.05, 0) is 37.1 Å². The van der Waals surface area contributed by atoms with Gasteiger partial charge in [0.1, 0.15) is 0 Å². The molecule has 0 aliphatic carbocycles. The molecule has 0 heterocycles. The molecule has 1 atom stereocenters. The van der Waals surface area contributed by atoms with E-state index in [2.05, 4.69) is 5.32 Å². The summed E-state index contributed by atoms with van der Waals surface area (Å²) in [6.45, 7) is 1.76. The standard InChI is InChI=1S/C15H16N2O3/c1-11(2-9-15(19)20)17-14(18)8-7-12-3-5-13(10-16)6-4-12/h3-8,11H,2,9H2,1H3,(H,17,18)(H,19,20). The van der Waals surface area contributed by atoms with Crippen LogP contribution in [0.5, 0.6) is 0 Å². The average Bonchev–Trinajstić information content (AvgIpc) is 2.43. The van der Waals surface area contributed by atoms with Gasteiger partial charge < -0.3 is 10.4 Å². The summed E-state index contributed by atoms with van der Waals surface area (Å²) in [5, 5.41) is 19.9. The minimum Gasteiger partial charge on any atom is -0.481 e. The number of aliphatic carboxylic acids is 1. The highest BCUT2D eigenvalue weighted by Crippen LogP contribution is 2.05. The van der Waals surface area contributed by atoms with Crippen molar-refractivity contribution in [3.8, 4) is 6.07 Å². The van der Waals surface area contributed by atoms with Crippen LogP contribution in [-0.4, -0.2) is 23.0 Å². The summed E-state index contributed by atoms with van der Waals surface area (Å²) >= 11 is 0. The van der Waals surface area contributed by atoms with Gasteiger partial charge in [0.25, 0.3) is 0 Å². The third kappa shape index (κ3) is 5.83. The molecule has 0 saturated heterocycles. The van der Waals surface area contributed by atoms with E-state index in [0.29, 0.717) is 12.0 Å². The van der Waals surface area contributed by atoms with Gasteiger partial charge >= 0.3 is 5.97 Å². The first-order valence-corrected chi connectivity index (χ1v) is 6.22. The molecular weight excluding hydrogens is 256 g/mol. The van der Waals surface area contributed by atoms with Crippen molar-refractivity contribution in [2.24, 2.45) is 0 Å². The molecule has 5 nitrogen and oxygen atoms in total. The number of amides is 1. The van der Waals surface area contributed by atoms with Gasteiger partial charge in [-0.15, -0.1) is 0 Å². The van der Waals surface area contributed by atoms with Gasteiger partial charge in [-0.25, -0.2) is 0 Å². The highest BCUT2D eigenvalue weighted by atomic mass is 16.4. The molecule has 0 saturated carbocycles. The van der Waals surface area contributed by atoms with Crippen molar-refractivity contribution in [1.29, 1.82) is 5.26 Å². The molecule has 5 heteroatoms. The van der Waals surface area contributed by atoms with Gasteiger partial charge in [0.15, 0.2) is 0 Å². The summed E-state index contributed by atoms with van der Waals surface area (Å²) in [7, 11) is 0. The van der Waals surface area contributed by atoms with Crippen LogP contribution in [0.4, 0.5) is 0 Å².